The predicted molar refractivity (Wildman–Crippen MR) is 58.5 cm³/mol. The Morgan fingerprint density at radius 2 is 2.14 bits per heavy atom. The molecule has 0 aromatic heterocycles. The molecule has 0 unspecified atom stereocenters. The van der Waals surface area contributed by atoms with E-state index in [2.05, 4.69) is 6.92 Å². The molecule has 1 N–H and O–H groups in total. The molecule has 0 amide bonds. The molecule has 1 aromatic rings. The summed E-state index contributed by atoms with van der Waals surface area (Å²) in [5, 5.41) is 8.94. The van der Waals surface area contributed by atoms with Crippen LogP contribution in [0.2, 0.25) is 4.47 Å². The number of aromatic carboxylic acids is 1. The van der Waals surface area contributed by atoms with Gasteiger partial charge in [0, 0.05) is 0 Å². The molecule has 0 fully saturated rings. The molecule has 1 aromatic carbocycles. The van der Waals surface area contributed by atoms with Gasteiger partial charge in [-0.1, -0.05) is 0 Å². The third-order valence-corrected chi connectivity index (χ3v) is 5.18. The van der Waals surface area contributed by atoms with Crippen molar-refractivity contribution in [1.82, 2.24) is 0 Å². The monoisotopic (exact) mass is 308 g/mol. The second-order valence-corrected chi connectivity index (χ2v) is 6.25. The van der Waals surface area contributed by atoms with E-state index in [-0.39, 0.29) is 20.9 Å². The van der Waals surface area contributed by atoms with Gasteiger partial charge < -0.3 is 0 Å². The topological polar surface area (TPSA) is 37.3 Å². The first-order chi connectivity index (χ1) is 6.75. The average Bonchev–Trinajstić information content (AvgIpc) is 2.19. The fourth-order valence-corrected chi connectivity index (χ4v) is 4.35. The van der Waals surface area contributed by atoms with Gasteiger partial charge in [-0.2, -0.15) is 0 Å². The van der Waals surface area contributed by atoms with Gasteiger partial charge in [0.05, 0.1) is 0 Å². The predicted octanol–water partition coefficient (Wildman–Crippen LogP) is 1.93. The Morgan fingerprint density at radius 1 is 1.43 bits per heavy atom. The first kappa shape index (κ1) is 11.6. The van der Waals surface area contributed by atoms with E-state index in [4.69, 9.17) is 5.11 Å². The van der Waals surface area contributed by atoms with Gasteiger partial charge in [-0.25, -0.2) is 0 Å². The van der Waals surface area contributed by atoms with Crippen LogP contribution in [0.25, 0.3) is 0 Å². The summed E-state index contributed by atoms with van der Waals surface area (Å²) in [5.74, 6) is -0.790. The Bertz CT molecular complexity index is 310. The van der Waals surface area contributed by atoms with E-state index < -0.39 is 5.97 Å². The molecule has 0 atom stereocenters. The Morgan fingerprint density at radius 3 is 2.79 bits per heavy atom. The molecule has 0 heterocycles. The van der Waals surface area contributed by atoms with Crippen LogP contribution in [0.1, 0.15) is 30.1 Å². The summed E-state index contributed by atoms with van der Waals surface area (Å²) in [7, 11) is 0. The number of carboxylic acid groups (broad SMARTS) is 1. The quantitative estimate of drug-likeness (QED) is 0.667. The zero-order valence-corrected chi connectivity index (χ0v) is 10.5. The van der Waals surface area contributed by atoms with Crippen LogP contribution in [0.4, 0.5) is 0 Å². The molecular weight excluding hydrogens is 292 g/mol. The molecule has 0 saturated heterocycles. The number of rotatable bonds is 5. The summed E-state index contributed by atoms with van der Waals surface area (Å²) in [6.45, 7) is 2.16. The van der Waals surface area contributed by atoms with Crippen molar-refractivity contribution in [3.05, 3.63) is 29.8 Å². The first-order valence-electron chi connectivity index (χ1n) is 4.70. The third-order valence-electron chi connectivity index (χ3n) is 1.87. The fourth-order valence-electron chi connectivity index (χ4n) is 1.10. The van der Waals surface area contributed by atoms with Crippen molar-refractivity contribution < 1.29 is 9.90 Å². The van der Waals surface area contributed by atoms with Crippen LogP contribution >= 0.6 is 0 Å². The molecule has 0 radical (unpaired) electrons. The molecule has 3 heteroatoms. The maximum atomic E-state index is 10.9. The summed E-state index contributed by atoms with van der Waals surface area (Å²) in [6, 6.07) is 7.38. The Balaban J connectivity index is 2.69. The van der Waals surface area contributed by atoms with Crippen LogP contribution in [0, 0.1) is 0 Å². The van der Waals surface area contributed by atoms with Gasteiger partial charge in [0.15, 0.2) is 0 Å². The number of carbonyl (C=O) groups is 1. The van der Waals surface area contributed by atoms with Crippen LogP contribution in [0.5, 0.6) is 0 Å². The third kappa shape index (κ3) is 3.32. The van der Waals surface area contributed by atoms with Crippen LogP contribution < -0.4 is 3.61 Å². The summed E-state index contributed by atoms with van der Waals surface area (Å²) in [6.07, 6.45) is 2.41. The fraction of sp³-hybridized carbons (Fsp3) is 0.364. The minimum atomic E-state index is -0.790. The van der Waals surface area contributed by atoms with Crippen molar-refractivity contribution in [3.63, 3.8) is 0 Å². The van der Waals surface area contributed by atoms with Crippen molar-refractivity contribution in [2.24, 2.45) is 0 Å². The van der Waals surface area contributed by atoms with E-state index >= 15 is 0 Å². The standard InChI is InChI=1S/C11H14O2Te/c1-2-3-8-14-10-7-5-4-6-9(10)11(12)13/h4-7H,2-3,8H2,1H3,(H,12,13). The van der Waals surface area contributed by atoms with Crippen LogP contribution in [0.3, 0.4) is 0 Å². The van der Waals surface area contributed by atoms with E-state index in [1.807, 2.05) is 12.1 Å². The maximum absolute atomic E-state index is 10.9. The molecular formula is C11H14O2Te. The Kier molecular flexibility index (Phi) is 5.00. The number of carboxylic acids is 1. The molecule has 1 rings (SSSR count). The van der Waals surface area contributed by atoms with Gasteiger partial charge in [-0.3, -0.25) is 0 Å². The molecule has 2 nitrogen and oxygen atoms in total. The SMILES string of the molecule is CCCC[Te]c1ccccc1C(=O)O. The molecule has 76 valence electrons. The van der Waals surface area contributed by atoms with Crippen molar-refractivity contribution in [3.8, 4) is 0 Å². The molecule has 0 aliphatic rings. The number of unbranched alkanes of at least 4 members (excludes halogenated alkanes) is 1. The molecule has 0 spiro atoms. The summed E-state index contributed by atoms with van der Waals surface area (Å²) < 4.78 is 2.28. The van der Waals surface area contributed by atoms with Crippen molar-refractivity contribution >= 4 is 30.5 Å². The van der Waals surface area contributed by atoms with Crippen molar-refractivity contribution in [2.45, 2.75) is 24.2 Å². The Labute approximate surface area is 94.4 Å². The van der Waals surface area contributed by atoms with E-state index in [9.17, 15) is 4.79 Å². The van der Waals surface area contributed by atoms with E-state index in [1.54, 1.807) is 12.1 Å². The van der Waals surface area contributed by atoms with Crippen LogP contribution in [0.15, 0.2) is 24.3 Å². The van der Waals surface area contributed by atoms with Gasteiger partial charge in [0.1, 0.15) is 0 Å². The number of benzene rings is 1. The van der Waals surface area contributed by atoms with Gasteiger partial charge in [0.25, 0.3) is 0 Å². The number of hydrogen-bond acceptors (Lipinski definition) is 1. The second kappa shape index (κ2) is 6.06. The molecule has 0 aliphatic heterocycles. The summed E-state index contributed by atoms with van der Waals surface area (Å²) in [4.78, 5) is 10.9. The molecule has 0 bridgehead atoms. The van der Waals surface area contributed by atoms with Crippen LogP contribution in [-0.4, -0.2) is 32.0 Å². The normalized spacial score (nSPS) is 10.1. The zero-order chi connectivity index (χ0) is 10.4. The van der Waals surface area contributed by atoms with E-state index in [0.717, 1.165) is 3.61 Å². The van der Waals surface area contributed by atoms with Gasteiger partial charge >= 0.3 is 94.5 Å². The Hall–Kier alpha value is -0.520. The average molecular weight is 306 g/mol. The van der Waals surface area contributed by atoms with Gasteiger partial charge in [0.2, 0.25) is 0 Å². The number of hydrogen-bond donors (Lipinski definition) is 1. The first-order valence-corrected chi connectivity index (χ1v) is 7.52. The van der Waals surface area contributed by atoms with Crippen LogP contribution in [-0.2, 0) is 0 Å². The van der Waals surface area contributed by atoms with Crippen molar-refractivity contribution in [1.29, 1.82) is 0 Å². The summed E-state index contributed by atoms with van der Waals surface area (Å²) >= 11 is -0.295. The van der Waals surface area contributed by atoms with E-state index in [1.165, 1.54) is 17.3 Å². The minimum absolute atomic E-state index is 0.295. The van der Waals surface area contributed by atoms with E-state index in [0.29, 0.717) is 5.56 Å². The van der Waals surface area contributed by atoms with Gasteiger partial charge in [-0.05, 0) is 0 Å². The summed E-state index contributed by atoms with van der Waals surface area (Å²) in [5.41, 5.74) is 0.506. The molecule has 14 heavy (non-hydrogen) atoms. The second-order valence-electron chi connectivity index (χ2n) is 3.00. The molecule has 0 aliphatic carbocycles. The van der Waals surface area contributed by atoms with Gasteiger partial charge in [-0.15, -0.1) is 0 Å². The zero-order valence-electron chi connectivity index (χ0n) is 8.19. The molecule has 0 saturated carbocycles. The van der Waals surface area contributed by atoms with Crippen molar-refractivity contribution in [2.75, 3.05) is 0 Å².